The van der Waals surface area contributed by atoms with E-state index in [1.54, 1.807) is 0 Å². The molecule has 0 saturated heterocycles. The maximum Gasteiger partial charge on any atom is 0.148 e. The van der Waals surface area contributed by atoms with Crippen LogP contribution in [0.2, 0.25) is 0 Å². The molecule has 0 aliphatic carbocycles. The molecule has 6 aromatic carbocycles. The van der Waals surface area contributed by atoms with Crippen molar-refractivity contribution in [1.82, 2.24) is 14.5 Å². The van der Waals surface area contributed by atoms with Crippen molar-refractivity contribution >= 4 is 11.0 Å². The normalized spacial score (nSPS) is 12.5. The second-order valence-corrected chi connectivity index (χ2v) is 20.0. The maximum atomic E-state index is 12.3. The molecule has 0 amide bonds. The molecule has 2 aromatic heterocycles. The Hall–Kier alpha value is -5.57. The number of nitrogens with zero attached hydrogens (tertiary/aromatic N) is 3. The van der Waals surface area contributed by atoms with E-state index in [1.807, 2.05) is 26.1 Å². The van der Waals surface area contributed by atoms with Crippen molar-refractivity contribution in [3.8, 4) is 67.5 Å². The molecule has 5 heteroatoms. The van der Waals surface area contributed by atoms with Gasteiger partial charge in [-0.15, -0.1) is 29.3 Å². The van der Waals surface area contributed by atoms with Gasteiger partial charge in [0.1, 0.15) is 11.6 Å². The molecule has 2 heterocycles. The van der Waals surface area contributed by atoms with E-state index in [0.29, 0.717) is 11.4 Å². The monoisotopic (exact) mass is 1020 g/mol. The van der Waals surface area contributed by atoms with Crippen molar-refractivity contribution in [1.29, 1.82) is 0 Å². The second kappa shape index (κ2) is 18.1. The van der Waals surface area contributed by atoms with E-state index < -0.39 is 5.89 Å². The van der Waals surface area contributed by atoms with Crippen molar-refractivity contribution in [2.45, 2.75) is 112 Å². The molecule has 0 bridgehead atoms. The van der Waals surface area contributed by atoms with Gasteiger partial charge in [0.25, 0.3) is 0 Å². The van der Waals surface area contributed by atoms with E-state index in [0.717, 1.165) is 83.6 Å². The molecular weight excluding hydrogens is 962 g/mol. The first-order valence-corrected chi connectivity index (χ1v) is 22.4. The van der Waals surface area contributed by atoms with Crippen molar-refractivity contribution in [2.24, 2.45) is 0 Å². The van der Waals surface area contributed by atoms with Crippen LogP contribution in [0.15, 0.2) is 134 Å². The summed E-state index contributed by atoms with van der Waals surface area (Å²) in [7, 11) is 0. The van der Waals surface area contributed by atoms with Crippen molar-refractivity contribution in [3.05, 3.63) is 167 Å². The van der Waals surface area contributed by atoms with Crippen LogP contribution >= 0.6 is 0 Å². The number of aromatic hydroxyl groups is 1. The average molecular weight is 1030 g/mol. The van der Waals surface area contributed by atoms with Crippen LogP contribution in [0.25, 0.3) is 72.7 Å². The molecule has 330 valence electrons. The minimum Gasteiger partial charge on any atom is -0.507 e. The van der Waals surface area contributed by atoms with Crippen LogP contribution in [0.5, 0.6) is 5.75 Å². The van der Waals surface area contributed by atoms with Crippen LogP contribution in [-0.4, -0.2) is 19.6 Å². The molecule has 0 atom stereocenters. The van der Waals surface area contributed by atoms with E-state index in [4.69, 9.17) is 9.97 Å². The third-order valence-electron chi connectivity index (χ3n) is 12.4. The predicted octanol–water partition coefficient (Wildman–Crippen LogP) is 16.2. The Labute approximate surface area is 397 Å². The molecule has 1 N–H and O–H groups in total. The summed E-state index contributed by atoms with van der Waals surface area (Å²) in [6, 6.07) is 48.6. The van der Waals surface area contributed by atoms with Crippen molar-refractivity contribution < 1.29 is 27.5 Å². The van der Waals surface area contributed by atoms with Gasteiger partial charge in [0.05, 0.1) is 16.6 Å². The quantitative estimate of drug-likeness (QED) is 0.147. The smallest absolute Gasteiger partial charge is 0.148 e. The summed E-state index contributed by atoms with van der Waals surface area (Å²) in [4.78, 5) is 10.5. The molecule has 8 rings (SSSR count). The molecule has 0 spiro atoms. The molecule has 0 saturated carbocycles. The summed E-state index contributed by atoms with van der Waals surface area (Å²) in [5.74, 6) is 0.261. The van der Waals surface area contributed by atoms with Gasteiger partial charge in [0.2, 0.25) is 0 Å². The largest absolute Gasteiger partial charge is 0.507 e. The predicted molar refractivity (Wildman–Crippen MR) is 266 cm³/mol. The number of aromatic nitrogens is 3. The molecule has 0 fully saturated rings. The first-order valence-electron chi connectivity index (χ1n) is 22.9. The number of hydrogen-bond donors (Lipinski definition) is 1. The third-order valence-corrected chi connectivity index (χ3v) is 12.4. The summed E-state index contributed by atoms with van der Waals surface area (Å²) in [5.41, 5.74) is 16.3. The number of phenols is 1. The fourth-order valence-electron chi connectivity index (χ4n) is 8.75. The number of pyridine rings is 1. The van der Waals surface area contributed by atoms with Crippen molar-refractivity contribution in [2.75, 3.05) is 0 Å². The molecule has 0 aliphatic rings. The maximum absolute atomic E-state index is 12.3. The van der Waals surface area contributed by atoms with Gasteiger partial charge in [-0.2, -0.15) is 0 Å². The Morgan fingerprint density at radius 3 is 1.97 bits per heavy atom. The summed E-state index contributed by atoms with van der Waals surface area (Å²) in [5, 5.41) is 12.3. The first kappa shape index (κ1) is 45.0. The minimum absolute atomic E-state index is 0. The minimum atomic E-state index is -0.937. The topological polar surface area (TPSA) is 50.9 Å². The van der Waals surface area contributed by atoms with Crippen LogP contribution < -0.4 is 0 Å². The zero-order chi connectivity index (χ0) is 45.9. The van der Waals surface area contributed by atoms with Gasteiger partial charge in [-0.3, -0.25) is 9.55 Å². The molecule has 4 nitrogen and oxygen atoms in total. The third kappa shape index (κ3) is 9.05. The molecule has 8 aromatic rings. The number of imidazole rings is 1. The Balaban J connectivity index is 0.00000630. The molecule has 0 aliphatic heterocycles. The molecule has 64 heavy (non-hydrogen) atoms. The fourth-order valence-corrected chi connectivity index (χ4v) is 8.75. The van der Waals surface area contributed by atoms with Gasteiger partial charge in [0.15, 0.2) is 0 Å². The average Bonchev–Trinajstić information content (AvgIpc) is 3.65. The summed E-state index contributed by atoms with van der Waals surface area (Å²) in [6.45, 7) is 26.0. The van der Waals surface area contributed by atoms with Gasteiger partial charge < -0.3 is 5.11 Å². The second-order valence-electron chi connectivity index (χ2n) is 20.0. The Kier molecular flexibility index (Phi) is 12.8. The first-order chi connectivity index (χ1) is 30.2. The van der Waals surface area contributed by atoms with Crippen LogP contribution in [0.4, 0.5) is 0 Å². The number of hydrogen-bond acceptors (Lipinski definition) is 3. The SMILES string of the molecule is [2H]C(C)(C)c1cc(-n2c(-c3cc(C(C)C)cc(C(C)C)c3O)nc3c(-c4[c-]c(-c5cc(-c6ccccc6)ccn5)cc(C(C)(C)C)c4)cccc32)ccc1-c1ccccc1C(C)(C)C.[Pt]. The van der Waals surface area contributed by atoms with Crippen LogP contribution in [0, 0.1) is 6.07 Å². The zero-order valence-electron chi connectivity index (χ0n) is 40.5. The Morgan fingerprint density at radius 2 is 1.30 bits per heavy atom. The number of benzene rings is 6. The molecule has 0 radical (unpaired) electrons. The van der Waals surface area contributed by atoms with Crippen LogP contribution in [0.3, 0.4) is 0 Å². The number of phenolic OH excluding ortho intramolecular Hbond substituents is 1. The van der Waals surface area contributed by atoms with E-state index in [1.165, 1.54) is 5.56 Å². The van der Waals surface area contributed by atoms with E-state index >= 15 is 0 Å². The number of para-hydroxylation sites is 1. The van der Waals surface area contributed by atoms with Crippen LogP contribution in [-0.2, 0) is 31.9 Å². The number of fused-ring (bicyclic) bond motifs is 1. The van der Waals surface area contributed by atoms with Crippen molar-refractivity contribution in [3.63, 3.8) is 0 Å². The Morgan fingerprint density at radius 1 is 0.609 bits per heavy atom. The zero-order valence-corrected chi connectivity index (χ0v) is 41.7. The van der Waals surface area contributed by atoms with E-state index in [-0.39, 0.29) is 49.5 Å². The molecular formula is C59H62N3OPt-. The number of rotatable bonds is 9. The summed E-state index contributed by atoms with van der Waals surface area (Å²) < 4.78 is 11.8. The van der Waals surface area contributed by atoms with Crippen LogP contribution in [0.1, 0.15) is 130 Å². The van der Waals surface area contributed by atoms with Gasteiger partial charge >= 0.3 is 0 Å². The summed E-state index contributed by atoms with van der Waals surface area (Å²) >= 11 is 0. The van der Waals surface area contributed by atoms with E-state index in [2.05, 4.69) is 201 Å². The van der Waals surface area contributed by atoms with Gasteiger partial charge in [0, 0.05) is 40.0 Å². The van der Waals surface area contributed by atoms with Gasteiger partial charge in [-0.05, 0) is 103 Å². The molecule has 0 unspecified atom stereocenters. The summed E-state index contributed by atoms with van der Waals surface area (Å²) in [6.07, 6.45) is 1.88. The fraction of sp³-hybridized carbons (Fsp3) is 0.288. The van der Waals surface area contributed by atoms with E-state index in [9.17, 15) is 6.48 Å². The standard InChI is InChI=1S/C59H62N3O.Pt/c1-36(2)41-32-50(38(5)6)56(63)51(33-41)57-61-55-46(42-29-43(31-44(30-42)58(7,8)9)53-34-40(27-28-60-53)39-19-14-13-15-20-39)22-18-24-54(55)62(57)45-25-26-47(49(35-45)37(3)4)48-21-16-17-23-52(48)59(10,11)12;/h13-28,30-38,63H,1-12H3;/q-1;/i37D;. The Bertz CT molecular complexity index is 3010. The van der Waals surface area contributed by atoms with Gasteiger partial charge in [-0.25, -0.2) is 4.98 Å². The van der Waals surface area contributed by atoms with Gasteiger partial charge in [-0.1, -0.05) is 179 Å².